The average Bonchev–Trinajstić information content (AvgIpc) is 2.83. The smallest absolute Gasteiger partial charge is 0.226 e. The van der Waals surface area contributed by atoms with Crippen molar-refractivity contribution >= 4 is 50.0 Å². The Morgan fingerprint density at radius 2 is 2.19 bits per heavy atom. The predicted octanol–water partition coefficient (Wildman–Crippen LogP) is 4.13. The topological polar surface area (TPSA) is 68.0 Å². The molecule has 1 heterocycles. The van der Waals surface area contributed by atoms with Gasteiger partial charge in [0.15, 0.2) is 5.13 Å². The van der Waals surface area contributed by atoms with E-state index in [1.165, 1.54) is 29.9 Å². The van der Waals surface area contributed by atoms with Gasteiger partial charge in [-0.15, -0.1) is 0 Å². The highest BCUT2D eigenvalue weighted by atomic mass is 32.2. The maximum absolute atomic E-state index is 11.9. The lowest BCUT2D eigenvalue weighted by Crippen LogP contribution is -2.11. The van der Waals surface area contributed by atoms with Gasteiger partial charge in [0.25, 0.3) is 0 Å². The fourth-order valence-electron chi connectivity index (χ4n) is 1.86. The van der Waals surface area contributed by atoms with E-state index >= 15 is 0 Å². The number of thioether (sulfide) groups is 1. The summed E-state index contributed by atoms with van der Waals surface area (Å²) >= 11 is 3.39. The van der Waals surface area contributed by atoms with E-state index in [2.05, 4.69) is 17.2 Å². The molecule has 21 heavy (non-hydrogen) atoms. The third-order valence-corrected chi connectivity index (χ3v) is 5.08. The first-order valence-electron chi connectivity index (χ1n) is 7.22. The molecule has 2 rings (SSSR count). The quantitative estimate of drug-likeness (QED) is 0.566. The Bertz CT molecular complexity index is 598. The number of nitrogens with two attached hydrogens (primary N) is 1. The first-order chi connectivity index (χ1) is 10.2. The van der Waals surface area contributed by atoms with Crippen LogP contribution in [0.1, 0.15) is 32.6 Å². The van der Waals surface area contributed by atoms with Crippen LogP contribution < -0.4 is 11.1 Å². The average molecular weight is 323 g/mol. The molecule has 3 N–H and O–H groups in total. The number of carbonyl (C=O) groups is 1. The number of rotatable bonds is 8. The van der Waals surface area contributed by atoms with Gasteiger partial charge in [-0.2, -0.15) is 11.8 Å². The monoisotopic (exact) mass is 323 g/mol. The van der Waals surface area contributed by atoms with Gasteiger partial charge in [-0.3, -0.25) is 4.79 Å². The minimum atomic E-state index is 0.0399. The first-order valence-corrected chi connectivity index (χ1v) is 9.20. The number of thiazole rings is 1. The van der Waals surface area contributed by atoms with E-state index < -0.39 is 0 Å². The highest BCUT2D eigenvalue weighted by Crippen LogP contribution is 2.27. The second-order valence-corrected chi connectivity index (χ2v) is 7.12. The van der Waals surface area contributed by atoms with Crippen molar-refractivity contribution < 1.29 is 4.79 Å². The maximum Gasteiger partial charge on any atom is 0.226 e. The molecule has 6 heteroatoms. The van der Waals surface area contributed by atoms with E-state index in [1.54, 1.807) is 0 Å². The molecule has 0 bridgehead atoms. The molecule has 114 valence electrons. The highest BCUT2D eigenvalue weighted by Gasteiger charge is 2.07. The molecule has 0 aliphatic heterocycles. The van der Waals surface area contributed by atoms with E-state index in [0.29, 0.717) is 17.2 Å². The number of nitrogens with one attached hydrogen (secondary N) is 1. The maximum atomic E-state index is 11.9. The number of nitrogen functional groups attached to an aromatic ring is 1. The van der Waals surface area contributed by atoms with E-state index in [0.717, 1.165) is 22.4 Å². The lowest BCUT2D eigenvalue weighted by molar-refractivity contribution is -0.116. The summed E-state index contributed by atoms with van der Waals surface area (Å²) in [7, 11) is 0. The Balaban J connectivity index is 1.76. The Labute approximate surface area is 133 Å². The number of hydrogen-bond acceptors (Lipinski definition) is 5. The van der Waals surface area contributed by atoms with Gasteiger partial charge in [-0.25, -0.2) is 4.98 Å². The molecule has 0 unspecified atom stereocenters. The molecular weight excluding hydrogens is 302 g/mol. The van der Waals surface area contributed by atoms with Crippen LogP contribution in [0.2, 0.25) is 0 Å². The minimum absolute atomic E-state index is 0.0399. The number of carbonyl (C=O) groups excluding carboxylic acids is 1. The normalized spacial score (nSPS) is 10.9. The third kappa shape index (κ3) is 5.21. The van der Waals surface area contributed by atoms with Crippen LogP contribution in [0, 0.1) is 0 Å². The van der Waals surface area contributed by atoms with Crippen LogP contribution in [-0.4, -0.2) is 22.4 Å². The number of amides is 1. The van der Waals surface area contributed by atoms with E-state index in [9.17, 15) is 4.79 Å². The van der Waals surface area contributed by atoms with Crippen molar-refractivity contribution in [3.63, 3.8) is 0 Å². The number of benzene rings is 1. The van der Waals surface area contributed by atoms with Crippen LogP contribution >= 0.6 is 23.1 Å². The summed E-state index contributed by atoms with van der Waals surface area (Å²) in [4.78, 5) is 16.3. The molecule has 0 fully saturated rings. The van der Waals surface area contributed by atoms with Gasteiger partial charge in [0, 0.05) is 12.1 Å². The Morgan fingerprint density at radius 3 is 3.00 bits per heavy atom. The second-order valence-electron chi connectivity index (χ2n) is 4.86. The van der Waals surface area contributed by atoms with Crippen LogP contribution in [0.25, 0.3) is 10.2 Å². The molecule has 4 nitrogen and oxygen atoms in total. The Morgan fingerprint density at radius 1 is 1.38 bits per heavy atom. The number of aromatic nitrogens is 1. The molecule has 0 radical (unpaired) electrons. The minimum Gasteiger partial charge on any atom is -0.399 e. The van der Waals surface area contributed by atoms with E-state index in [-0.39, 0.29) is 5.91 Å². The largest absolute Gasteiger partial charge is 0.399 e. The summed E-state index contributed by atoms with van der Waals surface area (Å²) in [5.41, 5.74) is 7.33. The number of nitrogens with zero attached hydrogens (tertiary/aromatic N) is 1. The van der Waals surface area contributed by atoms with Crippen molar-refractivity contribution in [3.8, 4) is 0 Å². The molecule has 0 aliphatic carbocycles. The number of hydrogen-bond donors (Lipinski definition) is 2. The van der Waals surface area contributed by atoms with Gasteiger partial charge in [-0.1, -0.05) is 24.7 Å². The van der Waals surface area contributed by atoms with Crippen LogP contribution in [0.4, 0.5) is 10.8 Å². The molecule has 1 aromatic carbocycles. The van der Waals surface area contributed by atoms with Gasteiger partial charge in [0.2, 0.25) is 5.91 Å². The van der Waals surface area contributed by atoms with Crippen molar-refractivity contribution in [1.29, 1.82) is 0 Å². The van der Waals surface area contributed by atoms with Crippen molar-refractivity contribution in [2.24, 2.45) is 0 Å². The van der Waals surface area contributed by atoms with Crippen LogP contribution in [0.5, 0.6) is 0 Å². The molecule has 0 saturated carbocycles. The lowest BCUT2D eigenvalue weighted by atomic mass is 10.3. The van der Waals surface area contributed by atoms with Gasteiger partial charge >= 0.3 is 0 Å². The summed E-state index contributed by atoms with van der Waals surface area (Å²) in [6, 6.07) is 5.58. The SMILES string of the molecule is CCCCSCCCC(=O)Nc1nc2ccc(N)cc2s1. The van der Waals surface area contributed by atoms with Gasteiger partial charge in [-0.05, 0) is 42.5 Å². The van der Waals surface area contributed by atoms with Gasteiger partial charge in [0.1, 0.15) is 0 Å². The number of unbranched alkanes of at least 4 members (excludes halogenated alkanes) is 1. The van der Waals surface area contributed by atoms with Gasteiger partial charge in [0.05, 0.1) is 10.2 Å². The van der Waals surface area contributed by atoms with Crippen molar-refractivity contribution in [2.45, 2.75) is 32.6 Å². The van der Waals surface area contributed by atoms with Crippen molar-refractivity contribution in [2.75, 3.05) is 22.6 Å². The molecule has 0 saturated heterocycles. The predicted molar refractivity (Wildman–Crippen MR) is 94.1 cm³/mol. The van der Waals surface area contributed by atoms with E-state index in [4.69, 9.17) is 5.73 Å². The summed E-state index contributed by atoms with van der Waals surface area (Å²) in [6.07, 6.45) is 3.95. The third-order valence-electron chi connectivity index (χ3n) is 2.99. The van der Waals surface area contributed by atoms with Crippen LogP contribution in [-0.2, 0) is 4.79 Å². The molecule has 0 aliphatic rings. The van der Waals surface area contributed by atoms with E-state index in [1.807, 2.05) is 30.0 Å². The Hall–Kier alpha value is -1.27. The fraction of sp³-hybridized carbons (Fsp3) is 0.467. The van der Waals surface area contributed by atoms with Crippen molar-refractivity contribution in [3.05, 3.63) is 18.2 Å². The summed E-state index contributed by atoms with van der Waals surface area (Å²) in [5, 5.41) is 3.52. The zero-order valence-electron chi connectivity index (χ0n) is 12.2. The molecule has 1 amide bonds. The summed E-state index contributed by atoms with van der Waals surface area (Å²) in [6.45, 7) is 2.19. The number of anilines is 2. The number of fused-ring (bicyclic) bond motifs is 1. The van der Waals surface area contributed by atoms with Crippen LogP contribution in [0.3, 0.4) is 0 Å². The molecule has 0 atom stereocenters. The first kappa shape index (κ1) is 16.1. The highest BCUT2D eigenvalue weighted by molar-refractivity contribution is 7.99. The summed E-state index contributed by atoms with van der Waals surface area (Å²) in [5.74, 6) is 2.28. The van der Waals surface area contributed by atoms with Crippen molar-refractivity contribution in [1.82, 2.24) is 4.98 Å². The fourth-order valence-corrected chi connectivity index (χ4v) is 3.84. The second kappa shape index (κ2) is 8.24. The zero-order valence-corrected chi connectivity index (χ0v) is 13.9. The lowest BCUT2D eigenvalue weighted by Gasteiger charge is -2.01. The molecule has 1 aromatic heterocycles. The molecule has 0 spiro atoms. The molecular formula is C15H21N3OS2. The standard InChI is InChI=1S/C15H21N3OS2/c1-2-3-8-20-9-4-5-14(19)18-15-17-12-7-6-11(16)10-13(12)21-15/h6-7,10H,2-5,8-9,16H2,1H3,(H,17,18,19). The zero-order chi connectivity index (χ0) is 15.1. The Kier molecular flexibility index (Phi) is 6.32. The molecule has 2 aromatic rings. The summed E-state index contributed by atoms with van der Waals surface area (Å²) < 4.78 is 1.00. The van der Waals surface area contributed by atoms with Gasteiger partial charge < -0.3 is 11.1 Å². The van der Waals surface area contributed by atoms with Crippen LogP contribution in [0.15, 0.2) is 18.2 Å².